The highest BCUT2D eigenvalue weighted by atomic mass is 16.8. The third kappa shape index (κ3) is 11.1. The van der Waals surface area contributed by atoms with Crippen LogP contribution in [0, 0.1) is 50.7 Å². The molecule has 0 amide bonds. The Hall–Kier alpha value is -1.75. The molecule has 0 bridgehead atoms. The molecule has 0 aromatic rings. The van der Waals surface area contributed by atoms with Crippen molar-refractivity contribution in [2.24, 2.45) is 50.7 Å². The third-order valence-corrected chi connectivity index (χ3v) is 22.3. The maximum Gasteiger partial charge on any atom is 0.317 e. The number of aliphatic hydroxyl groups excluding tert-OH is 15. The Labute approximate surface area is 488 Å². The van der Waals surface area contributed by atoms with Crippen molar-refractivity contribution >= 4 is 5.97 Å². The Morgan fingerprint density at radius 2 is 1.15 bits per heavy atom. The van der Waals surface area contributed by atoms with E-state index in [1.165, 1.54) is 13.8 Å². The fourth-order valence-electron chi connectivity index (χ4n) is 17.1. The number of hydrogen-bond donors (Lipinski definition) is 15. The molecule has 10 rings (SSSR count). The molecule has 0 spiro atoms. The average molecular weight is 1210 g/mol. The van der Waals surface area contributed by atoms with Gasteiger partial charge in [-0.2, -0.15) is 0 Å². The first-order chi connectivity index (χ1) is 39.3. The van der Waals surface area contributed by atoms with Crippen LogP contribution in [0.5, 0.6) is 0 Å². The van der Waals surface area contributed by atoms with E-state index >= 15 is 4.79 Å². The summed E-state index contributed by atoms with van der Waals surface area (Å²) in [6, 6.07) is 0. The standard InChI is InChI=1S/C58H94O26/c1-22-34(62)38(66)42(70)49(77-22)82-46-29(19-59)79-48(45(73)41(46)69)76-21-30-37(65)40(68)44(72)51(80-30)84-53(74)58-16-15-54(3,4)17-27(58)26-10-9-24-25(57(26,8)18-32(58)61)11-12-31-55(5,6)33(13-14-56(24,31)7)81-52-47(36(64)28(60)20-75-52)83-50-43(71)39(67)35(63)23(2)78-50/h10,22-25,27-52,59-73H,9,11-21H2,1-8H3. The van der Waals surface area contributed by atoms with Crippen LogP contribution in [0.4, 0.5) is 0 Å². The molecule has 84 heavy (non-hydrogen) atoms. The highest BCUT2D eigenvalue weighted by molar-refractivity contribution is 5.80. The molecule has 33 atom stereocenters. The minimum Gasteiger partial charge on any atom is -0.432 e. The van der Waals surface area contributed by atoms with Crippen LogP contribution in [0.2, 0.25) is 0 Å². The molecular formula is C58H94O26. The number of rotatable bonds is 12. The lowest BCUT2D eigenvalue weighted by atomic mass is 9.37. The van der Waals surface area contributed by atoms with Crippen molar-refractivity contribution in [3.05, 3.63) is 11.6 Å². The zero-order valence-electron chi connectivity index (χ0n) is 49.1. The Kier molecular flexibility index (Phi) is 18.7. The summed E-state index contributed by atoms with van der Waals surface area (Å²) in [7, 11) is 0. The maximum atomic E-state index is 15.2. The van der Waals surface area contributed by atoms with Crippen LogP contribution in [-0.4, -0.2) is 262 Å². The second kappa shape index (κ2) is 24.1. The van der Waals surface area contributed by atoms with E-state index in [0.29, 0.717) is 25.7 Å². The molecule has 26 heteroatoms. The second-order valence-corrected chi connectivity index (χ2v) is 28.1. The van der Waals surface area contributed by atoms with Crippen LogP contribution in [0.25, 0.3) is 0 Å². The largest absolute Gasteiger partial charge is 0.432 e. The van der Waals surface area contributed by atoms with Gasteiger partial charge in [0, 0.05) is 0 Å². The lowest BCUT2D eigenvalue weighted by Crippen LogP contribution is -2.66. The van der Waals surface area contributed by atoms with Crippen molar-refractivity contribution in [2.75, 3.05) is 19.8 Å². The molecule has 5 aliphatic carbocycles. The molecule has 5 heterocycles. The van der Waals surface area contributed by atoms with Gasteiger partial charge in [-0.1, -0.05) is 53.2 Å². The molecule has 4 saturated carbocycles. The van der Waals surface area contributed by atoms with Crippen LogP contribution in [0.15, 0.2) is 11.6 Å². The summed E-state index contributed by atoms with van der Waals surface area (Å²) in [5.74, 6) is -0.968. The zero-order valence-corrected chi connectivity index (χ0v) is 49.1. The van der Waals surface area contributed by atoms with Crippen molar-refractivity contribution < 1.29 is 129 Å². The van der Waals surface area contributed by atoms with Gasteiger partial charge in [0.1, 0.15) is 109 Å². The summed E-state index contributed by atoms with van der Waals surface area (Å²) in [6.45, 7) is 14.3. The molecule has 9 fully saturated rings. The highest BCUT2D eigenvalue weighted by Gasteiger charge is 2.69. The summed E-state index contributed by atoms with van der Waals surface area (Å²) in [5, 5.41) is 163. The second-order valence-electron chi connectivity index (χ2n) is 28.1. The van der Waals surface area contributed by atoms with Gasteiger partial charge in [0.05, 0.1) is 44.2 Å². The third-order valence-electron chi connectivity index (χ3n) is 22.3. The predicted molar refractivity (Wildman–Crippen MR) is 283 cm³/mol. The van der Waals surface area contributed by atoms with E-state index in [4.69, 9.17) is 47.4 Å². The van der Waals surface area contributed by atoms with Crippen LogP contribution in [0.3, 0.4) is 0 Å². The molecule has 0 aromatic heterocycles. The number of hydrogen-bond acceptors (Lipinski definition) is 26. The van der Waals surface area contributed by atoms with Gasteiger partial charge >= 0.3 is 5.97 Å². The summed E-state index contributed by atoms with van der Waals surface area (Å²) >= 11 is 0. The molecule has 15 N–H and O–H groups in total. The lowest BCUT2D eigenvalue weighted by molar-refractivity contribution is -0.364. The monoisotopic (exact) mass is 1210 g/mol. The quantitative estimate of drug-likeness (QED) is 0.0528. The van der Waals surface area contributed by atoms with E-state index in [2.05, 4.69) is 47.6 Å². The van der Waals surface area contributed by atoms with Crippen molar-refractivity contribution in [3.8, 4) is 0 Å². The Morgan fingerprint density at radius 1 is 0.571 bits per heavy atom. The van der Waals surface area contributed by atoms with Crippen LogP contribution < -0.4 is 0 Å². The van der Waals surface area contributed by atoms with Gasteiger partial charge in [0.2, 0.25) is 6.29 Å². The Morgan fingerprint density at radius 3 is 1.79 bits per heavy atom. The number of ether oxygens (including phenoxy) is 10. The number of esters is 1. The SMILES string of the molecule is CC1OC(OC2C(CO)OC(OCC3OC(OC(=O)C45CCC(C)(C)CC4C4=CCC6C(CCC7C(C)(C)C(OC8OCC(O)C(O)C8OC8OC(C)C(O)C(O)C8O)CCC67C)C4(C)CC5O)C(O)C(O)C3O)C(O)C2O)C(O)C(O)C1O. The first-order valence-electron chi connectivity index (χ1n) is 30.2. The van der Waals surface area contributed by atoms with Crippen molar-refractivity contribution in [3.63, 3.8) is 0 Å². The van der Waals surface area contributed by atoms with Crippen molar-refractivity contribution in [2.45, 2.75) is 273 Å². The van der Waals surface area contributed by atoms with Gasteiger partial charge < -0.3 is 124 Å². The number of aliphatic hydroxyl groups is 15. The minimum absolute atomic E-state index is 0.0985. The first-order valence-corrected chi connectivity index (χ1v) is 30.2. The molecule has 26 nitrogen and oxygen atoms in total. The van der Waals surface area contributed by atoms with Gasteiger partial charge in [-0.25, -0.2) is 0 Å². The van der Waals surface area contributed by atoms with Gasteiger partial charge in [0.25, 0.3) is 0 Å². The van der Waals surface area contributed by atoms with Crippen molar-refractivity contribution in [1.29, 1.82) is 0 Å². The average Bonchev–Trinajstić information content (AvgIpc) is 0.729. The fraction of sp³-hybridized carbons (Fsp3) is 0.948. The van der Waals surface area contributed by atoms with E-state index in [9.17, 15) is 76.6 Å². The summed E-state index contributed by atoms with van der Waals surface area (Å²) in [5.41, 5.74) is -1.95. The van der Waals surface area contributed by atoms with E-state index in [-0.39, 0.29) is 48.0 Å². The van der Waals surface area contributed by atoms with Gasteiger partial charge in [-0.3, -0.25) is 4.79 Å². The molecule has 5 aliphatic heterocycles. The zero-order chi connectivity index (χ0) is 61.2. The van der Waals surface area contributed by atoms with E-state index in [1.807, 2.05) is 0 Å². The summed E-state index contributed by atoms with van der Waals surface area (Å²) in [6.07, 6.45) is -31.8. The van der Waals surface area contributed by atoms with Crippen LogP contribution in [-0.2, 0) is 52.2 Å². The number of carbonyl (C=O) groups is 1. The normalized spacial score (nSPS) is 54.6. The summed E-state index contributed by atoms with van der Waals surface area (Å²) < 4.78 is 59.3. The smallest absolute Gasteiger partial charge is 0.317 e. The van der Waals surface area contributed by atoms with Gasteiger partial charge in [-0.15, -0.1) is 0 Å². The predicted octanol–water partition coefficient (Wildman–Crippen LogP) is -2.94. The Balaban J connectivity index is 0.825. The van der Waals surface area contributed by atoms with E-state index in [0.717, 1.165) is 24.8 Å². The fourth-order valence-corrected chi connectivity index (χ4v) is 17.1. The van der Waals surface area contributed by atoms with E-state index < -0.39 is 201 Å². The molecule has 33 unspecified atom stereocenters. The topological polar surface area (TPSA) is 413 Å². The van der Waals surface area contributed by atoms with Crippen molar-refractivity contribution in [1.82, 2.24) is 0 Å². The minimum atomic E-state index is -1.96. The highest BCUT2D eigenvalue weighted by Crippen LogP contribution is 2.72. The van der Waals surface area contributed by atoms with Crippen LogP contribution in [0.1, 0.15) is 113 Å². The molecule has 482 valence electrons. The molecule has 10 aliphatic rings. The van der Waals surface area contributed by atoms with E-state index in [1.54, 1.807) is 0 Å². The number of fused-ring (bicyclic) bond motifs is 7. The summed E-state index contributed by atoms with van der Waals surface area (Å²) in [4.78, 5) is 15.2. The van der Waals surface area contributed by atoms with Gasteiger partial charge in [0.15, 0.2) is 25.2 Å². The molecular weight excluding hydrogens is 1110 g/mol. The molecule has 0 radical (unpaired) electrons. The lowest BCUT2D eigenvalue weighted by Gasteiger charge is -2.68. The Bertz CT molecular complexity index is 2330. The van der Waals surface area contributed by atoms with Crippen LogP contribution >= 0.6 is 0 Å². The first kappa shape index (κ1) is 65.2. The van der Waals surface area contributed by atoms with Gasteiger partial charge in [-0.05, 0) is 117 Å². The number of allylic oxidation sites excluding steroid dienone is 2. The molecule has 0 aromatic carbocycles. The maximum absolute atomic E-state index is 15.2. The number of carbonyl (C=O) groups excluding carboxylic acids is 1. The molecule has 5 saturated heterocycles.